The van der Waals surface area contributed by atoms with Gasteiger partial charge in [-0.3, -0.25) is 0 Å². The molecule has 1 heteroatoms. The van der Waals surface area contributed by atoms with Gasteiger partial charge in [0.25, 0.3) is 0 Å². The Balaban J connectivity index is 1.96. The summed E-state index contributed by atoms with van der Waals surface area (Å²) in [6.45, 7) is 8.63. The summed E-state index contributed by atoms with van der Waals surface area (Å²) < 4.78 is 0. The Labute approximate surface area is 170 Å². The first-order valence-electron chi connectivity index (χ1n) is 11.9. The molecule has 0 amide bonds. The third-order valence-electron chi connectivity index (χ3n) is 6.25. The SMILES string of the molecule is CCCCCCCCCCCCCCCCC(C)c1ccc(C)c(C)c1O. The fourth-order valence-electron chi connectivity index (χ4n) is 4.02. The summed E-state index contributed by atoms with van der Waals surface area (Å²) in [7, 11) is 0. The largest absolute Gasteiger partial charge is 0.507 e. The van der Waals surface area contributed by atoms with Crippen LogP contribution >= 0.6 is 0 Å². The van der Waals surface area contributed by atoms with E-state index in [1.54, 1.807) is 0 Å². The van der Waals surface area contributed by atoms with E-state index in [0.717, 1.165) is 11.1 Å². The van der Waals surface area contributed by atoms with Crippen LogP contribution in [0.2, 0.25) is 0 Å². The highest BCUT2D eigenvalue weighted by molar-refractivity contribution is 5.45. The fraction of sp³-hybridized carbons (Fsp3) is 0.769. The molecule has 0 bridgehead atoms. The van der Waals surface area contributed by atoms with Crippen LogP contribution in [-0.2, 0) is 0 Å². The first-order valence-corrected chi connectivity index (χ1v) is 11.9. The molecule has 0 saturated carbocycles. The van der Waals surface area contributed by atoms with Crippen molar-refractivity contribution >= 4 is 0 Å². The molecule has 0 aliphatic carbocycles. The van der Waals surface area contributed by atoms with E-state index in [-0.39, 0.29) is 0 Å². The molecule has 1 N–H and O–H groups in total. The van der Waals surface area contributed by atoms with Crippen LogP contribution in [-0.4, -0.2) is 5.11 Å². The van der Waals surface area contributed by atoms with Gasteiger partial charge in [0, 0.05) is 0 Å². The highest BCUT2D eigenvalue weighted by atomic mass is 16.3. The number of unbranched alkanes of at least 4 members (excludes halogenated alkanes) is 13. The third kappa shape index (κ3) is 10.2. The normalized spacial score (nSPS) is 12.4. The summed E-state index contributed by atoms with van der Waals surface area (Å²) in [4.78, 5) is 0. The number of phenolic OH excluding ortho intramolecular Hbond substituents is 1. The molecule has 0 heterocycles. The topological polar surface area (TPSA) is 20.2 Å². The monoisotopic (exact) mass is 374 g/mol. The van der Waals surface area contributed by atoms with Crippen LogP contribution in [0.1, 0.15) is 133 Å². The molecule has 0 saturated heterocycles. The molecule has 156 valence electrons. The molecule has 0 fully saturated rings. The zero-order valence-electron chi connectivity index (χ0n) is 18.8. The van der Waals surface area contributed by atoms with Gasteiger partial charge in [0.2, 0.25) is 0 Å². The second-order valence-electron chi connectivity index (χ2n) is 8.73. The molecule has 27 heavy (non-hydrogen) atoms. The maximum Gasteiger partial charge on any atom is 0.122 e. The Bertz CT molecular complexity index is 491. The number of hydrogen-bond donors (Lipinski definition) is 1. The minimum Gasteiger partial charge on any atom is -0.507 e. The van der Waals surface area contributed by atoms with Gasteiger partial charge in [0.15, 0.2) is 0 Å². The summed E-state index contributed by atoms with van der Waals surface area (Å²) in [5, 5.41) is 10.4. The molecule has 1 atom stereocenters. The van der Waals surface area contributed by atoms with Gasteiger partial charge in [-0.1, -0.05) is 116 Å². The van der Waals surface area contributed by atoms with Crippen LogP contribution in [0.25, 0.3) is 0 Å². The highest BCUT2D eigenvalue weighted by Gasteiger charge is 2.12. The van der Waals surface area contributed by atoms with Crippen molar-refractivity contribution in [2.24, 2.45) is 0 Å². The molecular weight excluding hydrogens is 328 g/mol. The molecule has 0 aliphatic rings. The number of phenols is 1. The molecule has 1 unspecified atom stereocenters. The van der Waals surface area contributed by atoms with Gasteiger partial charge >= 0.3 is 0 Å². The second kappa shape index (κ2) is 15.0. The summed E-state index contributed by atoms with van der Waals surface area (Å²) >= 11 is 0. The van der Waals surface area contributed by atoms with Gasteiger partial charge in [-0.15, -0.1) is 0 Å². The van der Waals surface area contributed by atoms with Crippen LogP contribution in [0.3, 0.4) is 0 Å². The highest BCUT2D eigenvalue weighted by Crippen LogP contribution is 2.33. The van der Waals surface area contributed by atoms with Gasteiger partial charge in [-0.05, 0) is 42.9 Å². The molecule has 1 aromatic rings. The number of rotatable bonds is 16. The zero-order valence-corrected chi connectivity index (χ0v) is 18.8. The van der Waals surface area contributed by atoms with Crippen molar-refractivity contribution < 1.29 is 5.11 Å². The summed E-state index contributed by atoms with van der Waals surface area (Å²) in [6.07, 6.45) is 20.9. The first kappa shape index (κ1) is 24.1. The summed E-state index contributed by atoms with van der Waals surface area (Å²) in [6, 6.07) is 4.26. The third-order valence-corrected chi connectivity index (χ3v) is 6.25. The molecule has 1 aromatic carbocycles. The van der Waals surface area contributed by atoms with E-state index in [0.29, 0.717) is 11.7 Å². The van der Waals surface area contributed by atoms with Crippen LogP contribution in [0.15, 0.2) is 12.1 Å². The van der Waals surface area contributed by atoms with E-state index in [1.165, 1.54) is 102 Å². The van der Waals surface area contributed by atoms with Crippen molar-refractivity contribution in [3.05, 3.63) is 28.8 Å². The molecule has 0 aliphatic heterocycles. The Morgan fingerprint density at radius 2 is 1.15 bits per heavy atom. The lowest BCUT2D eigenvalue weighted by Crippen LogP contribution is -1.97. The van der Waals surface area contributed by atoms with Crippen LogP contribution in [0, 0.1) is 13.8 Å². The van der Waals surface area contributed by atoms with Gasteiger partial charge < -0.3 is 5.11 Å². The minimum absolute atomic E-state index is 0.460. The Hall–Kier alpha value is -0.980. The van der Waals surface area contributed by atoms with Crippen molar-refractivity contribution in [3.8, 4) is 5.75 Å². The maximum absolute atomic E-state index is 10.4. The number of benzene rings is 1. The molecule has 0 radical (unpaired) electrons. The van der Waals surface area contributed by atoms with Gasteiger partial charge in [0.1, 0.15) is 5.75 Å². The van der Waals surface area contributed by atoms with Crippen molar-refractivity contribution in [2.75, 3.05) is 0 Å². The second-order valence-corrected chi connectivity index (χ2v) is 8.73. The number of aryl methyl sites for hydroxylation is 1. The zero-order chi connectivity index (χ0) is 19.9. The molecule has 1 nitrogen and oxygen atoms in total. The van der Waals surface area contributed by atoms with Crippen molar-refractivity contribution in [1.29, 1.82) is 0 Å². The number of aromatic hydroxyl groups is 1. The molecule has 0 aromatic heterocycles. The average molecular weight is 375 g/mol. The van der Waals surface area contributed by atoms with E-state index in [4.69, 9.17) is 0 Å². The van der Waals surface area contributed by atoms with E-state index in [9.17, 15) is 5.11 Å². The van der Waals surface area contributed by atoms with Crippen molar-refractivity contribution in [2.45, 2.75) is 130 Å². The fourth-order valence-corrected chi connectivity index (χ4v) is 4.02. The summed E-state index contributed by atoms with van der Waals surface area (Å²) in [5.74, 6) is 0.981. The van der Waals surface area contributed by atoms with Crippen molar-refractivity contribution in [1.82, 2.24) is 0 Å². The molecule has 0 spiro atoms. The predicted molar refractivity (Wildman–Crippen MR) is 121 cm³/mol. The van der Waals surface area contributed by atoms with Crippen LogP contribution < -0.4 is 0 Å². The minimum atomic E-state index is 0.460. The first-order chi connectivity index (χ1) is 13.1. The Morgan fingerprint density at radius 3 is 1.63 bits per heavy atom. The van der Waals surface area contributed by atoms with Gasteiger partial charge in [0.05, 0.1) is 0 Å². The standard InChI is InChI=1S/C26H46O/c1-5-6-7-8-9-10-11-12-13-14-15-16-17-18-19-23(3)25-21-20-22(2)24(4)26(25)27/h20-21,23,27H,5-19H2,1-4H3. The Morgan fingerprint density at radius 1 is 0.704 bits per heavy atom. The van der Waals surface area contributed by atoms with Crippen LogP contribution in [0.4, 0.5) is 0 Å². The number of hydrogen-bond acceptors (Lipinski definition) is 1. The average Bonchev–Trinajstić information content (AvgIpc) is 2.66. The smallest absolute Gasteiger partial charge is 0.122 e. The van der Waals surface area contributed by atoms with Crippen LogP contribution in [0.5, 0.6) is 5.75 Å². The van der Waals surface area contributed by atoms with Crippen molar-refractivity contribution in [3.63, 3.8) is 0 Å². The van der Waals surface area contributed by atoms with E-state index in [1.807, 2.05) is 6.92 Å². The lowest BCUT2D eigenvalue weighted by Gasteiger charge is -2.16. The quantitative estimate of drug-likeness (QED) is 0.286. The molecule has 1 rings (SSSR count). The molecular formula is C26H46O. The maximum atomic E-state index is 10.4. The van der Waals surface area contributed by atoms with E-state index < -0.39 is 0 Å². The lowest BCUT2D eigenvalue weighted by atomic mass is 9.91. The van der Waals surface area contributed by atoms with E-state index >= 15 is 0 Å². The van der Waals surface area contributed by atoms with Gasteiger partial charge in [-0.2, -0.15) is 0 Å². The predicted octanol–water partition coefficient (Wildman–Crippen LogP) is 8.98. The van der Waals surface area contributed by atoms with E-state index in [2.05, 4.69) is 32.9 Å². The lowest BCUT2D eigenvalue weighted by molar-refractivity contribution is 0.452. The van der Waals surface area contributed by atoms with Gasteiger partial charge in [-0.25, -0.2) is 0 Å². The summed E-state index contributed by atoms with van der Waals surface area (Å²) in [5.41, 5.74) is 3.35. The Kier molecular flexibility index (Phi) is 13.4.